The molecule has 2 atom stereocenters. The first-order chi connectivity index (χ1) is 12.9. The molecule has 0 N–H and O–H groups in total. The van der Waals surface area contributed by atoms with E-state index in [-0.39, 0.29) is 22.5 Å². The highest BCUT2D eigenvalue weighted by Crippen LogP contribution is 2.36. The zero-order valence-electron chi connectivity index (χ0n) is 15.5. The predicted molar refractivity (Wildman–Crippen MR) is 108 cm³/mol. The molecule has 0 spiro atoms. The molecule has 3 aromatic rings. The minimum Gasteiger partial charge on any atom is -0.284 e. The summed E-state index contributed by atoms with van der Waals surface area (Å²) in [6.45, 7) is 6.00. The highest BCUT2D eigenvalue weighted by atomic mass is 32.2. The molecule has 0 aliphatic carbocycles. The summed E-state index contributed by atoms with van der Waals surface area (Å²) in [4.78, 5) is 28.4. The maximum Gasteiger partial charge on any atom is 0.269 e. The van der Waals surface area contributed by atoms with Gasteiger partial charge in [0.25, 0.3) is 11.2 Å². The molecule has 0 saturated carbocycles. The van der Waals surface area contributed by atoms with E-state index in [2.05, 4.69) is 0 Å². The number of nitrogens with zero attached hydrogens (tertiary/aromatic N) is 3. The Morgan fingerprint density at radius 3 is 2.63 bits per heavy atom. The van der Waals surface area contributed by atoms with Crippen LogP contribution in [-0.4, -0.2) is 14.5 Å². The van der Waals surface area contributed by atoms with Gasteiger partial charge in [-0.05, 0) is 38.0 Å². The molecule has 1 heterocycles. The van der Waals surface area contributed by atoms with Gasteiger partial charge in [0.15, 0.2) is 5.16 Å². The number of para-hydroxylation sites is 1. The molecule has 140 valence electrons. The van der Waals surface area contributed by atoms with Gasteiger partial charge in [-0.2, -0.15) is 0 Å². The first kappa shape index (κ1) is 19.1. The summed E-state index contributed by atoms with van der Waals surface area (Å²) in [6, 6.07) is 13.9. The smallest absolute Gasteiger partial charge is 0.269 e. The fourth-order valence-corrected chi connectivity index (χ4v) is 4.02. The van der Waals surface area contributed by atoms with Gasteiger partial charge in [-0.1, -0.05) is 43.0 Å². The number of thioether (sulfide) groups is 1. The summed E-state index contributed by atoms with van der Waals surface area (Å²) in [6.07, 6.45) is 0.804. The monoisotopic (exact) mass is 383 g/mol. The van der Waals surface area contributed by atoms with Crippen LogP contribution in [0.2, 0.25) is 0 Å². The van der Waals surface area contributed by atoms with E-state index in [1.165, 1.54) is 17.8 Å². The number of non-ortho nitro benzene ring substituents is 1. The largest absolute Gasteiger partial charge is 0.284 e. The Labute approximate surface area is 161 Å². The third-order valence-electron chi connectivity index (χ3n) is 4.64. The third-order valence-corrected chi connectivity index (χ3v) is 5.76. The van der Waals surface area contributed by atoms with Crippen molar-refractivity contribution in [2.75, 3.05) is 0 Å². The zero-order chi connectivity index (χ0) is 19.6. The van der Waals surface area contributed by atoms with Crippen molar-refractivity contribution < 1.29 is 4.92 Å². The molecule has 1 aromatic heterocycles. The Morgan fingerprint density at radius 1 is 1.19 bits per heavy atom. The van der Waals surface area contributed by atoms with E-state index >= 15 is 0 Å². The van der Waals surface area contributed by atoms with Gasteiger partial charge in [0.1, 0.15) is 0 Å². The lowest BCUT2D eigenvalue weighted by molar-refractivity contribution is -0.384. The van der Waals surface area contributed by atoms with Crippen molar-refractivity contribution in [3.63, 3.8) is 0 Å². The van der Waals surface area contributed by atoms with Crippen molar-refractivity contribution in [1.29, 1.82) is 0 Å². The molecule has 0 bridgehead atoms. The van der Waals surface area contributed by atoms with Crippen LogP contribution < -0.4 is 5.56 Å². The summed E-state index contributed by atoms with van der Waals surface area (Å²) in [5.41, 5.74) is 1.50. The maximum atomic E-state index is 13.0. The molecular weight excluding hydrogens is 362 g/mol. The number of hydrogen-bond acceptors (Lipinski definition) is 5. The normalized spacial score (nSPS) is 13.4. The van der Waals surface area contributed by atoms with Crippen molar-refractivity contribution in [1.82, 2.24) is 9.55 Å². The Bertz CT molecular complexity index is 1050. The molecule has 3 rings (SSSR count). The van der Waals surface area contributed by atoms with E-state index in [0.29, 0.717) is 16.1 Å². The number of benzene rings is 2. The molecule has 0 aliphatic heterocycles. The predicted octanol–water partition coefficient (Wildman–Crippen LogP) is 5.13. The van der Waals surface area contributed by atoms with Crippen LogP contribution in [0.25, 0.3) is 10.9 Å². The molecule has 0 saturated heterocycles. The average molecular weight is 383 g/mol. The van der Waals surface area contributed by atoms with Crippen molar-refractivity contribution >= 4 is 28.4 Å². The van der Waals surface area contributed by atoms with Gasteiger partial charge in [0.2, 0.25) is 0 Å². The van der Waals surface area contributed by atoms with Crippen molar-refractivity contribution in [3.05, 3.63) is 74.6 Å². The van der Waals surface area contributed by atoms with Crippen molar-refractivity contribution in [2.24, 2.45) is 0 Å². The van der Waals surface area contributed by atoms with Crippen LogP contribution in [0, 0.1) is 10.1 Å². The van der Waals surface area contributed by atoms with Gasteiger partial charge in [-0.25, -0.2) is 4.98 Å². The first-order valence-corrected chi connectivity index (χ1v) is 9.72. The van der Waals surface area contributed by atoms with E-state index in [0.717, 1.165) is 12.0 Å². The van der Waals surface area contributed by atoms with Crippen LogP contribution in [0.4, 0.5) is 5.69 Å². The molecule has 2 aromatic carbocycles. The number of rotatable bonds is 6. The number of nitro groups is 1. The van der Waals surface area contributed by atoms with Crippen LogP contribution >= 0.6 is 11.8 Å². The molecule has 7 heteroatoms. The van der Waals surface area contributed by atoms with E-state index in [9.17, 15) is 14.9 Å². The Kier molecular flexibility index (Phi) is 5.60. The van der Waals surface area contributed by atoms with E-state index in [1.807, 2.05) is 45.0 Å². The quantitative estimate of drug-likeness (QED) is 0.255. The van der Waals surface area contributed by atoms with Gasteiger partial charge in [0.05, 0.1) is 15.8 Å². The fraction of sp³-hybridized carbons (Fsp3) is 0.300. The molecule has 0 aliphatic rings. The molecule has 6 nitrogen and oxygen atoms in total. The Morgan fingerprint density at radius 2 is 1.93 bits per heavy atom. The number of hydrogen-bond donors (Lipinski definition) is 0. The summed E-state index contributed by atoms with van der Waals surface area (Å²) < 4.78 is 1.74. The van der Waals surface area contributed by atoms with E-state index in [4.69, 9.17) is 4.98 Å². The van der Waals surface area contributed by atoms with E-state index in [1.54, 1.807) is 22.8 Å². The van der Waals surface area contributed by atoms with Gasteiger partial charge >= 0.3 is 0 Å². The van der Waals surface area contributed by atoms with Crippen LogP contribution in [-0.2, 0) is 0 Å². The van der Waals surface area contributed by atoms with Gasteiger partial charge in [0, 0.05) is 23.4 Å². The van der Waals surface area contributed by atoms with Gasteiger partial charge < -0.3 is 0 Å². The first-order valence-electron chi connectivity index (χ1n) is 8.84. The lowest BCUT2D eigenvalue weighted by Crippen LogP contribution is -2.26. The lowest BCUT2D eigenvalue weighted by Gasteiger charge is -2.20. The highest BCUT2D eigenvalue weighted by molar-refractivity contribution is 7.99. The summed E-state index contributed by atoms with van der Waals surface area (Å²) in [7, 11) is 0. The molecule has 0 unspecified atom stereocenters. The second-order valence-electron chi connectivity index (χ2n) is 6.46. The highest BCUT2D eigenvalue weighted by Gasteiger charge is 2.19. The summed E-state index contributed by atoms with van der Waals surface area (Å²) >= 11 is 1.45. The lowest BCUT2D eigenvalue weighted by atomic mass is 10.1. The minimum atomic E-state index is -0.399. The van der Waals surface area contributed by atoms with Crippen molar-refractivity contribution in [3.8, 4) is 0 Å². The molecular formula is C20H21N3O3S. The van der Waals surface area contributed by atoms with E-state index < -0.39 is 4.92 Å². The SMILES string of the molecule is CC[C@H](C)n1c(S[C@@H](C)c2cccc([N+](=O)[O-])c2)nc2ccccc2c1=O. The van der Waals surface area contributed by atoms with Crippen LogP contribution in [0.1, 0.15) is 44.0 Å². The standard InChI is InChI=1S/C20H21N3O3S/c1-4-13(2)22-19(24)17-10-5-6-11-18(17)21-20(22)27-14(3)15-8-7-9-16(12-15)23(25)26/h5-14H,4H2,1-3H3/t13-,14-/m0/s1. The third kappa shape index (κ3) is 3.88. The molecule has 0 radical (unpaired) electrons. The summed E-state index contributed by atoms with van der Waals surface area (Å²) in [5.74, 6) is 0. The zero-order valence-corrected chi connectivity index (χ0v) is 16.3. The Balaban J connectivity index is 2.06. The second-order valence-corrected chi connectivity index (χ2v) is 7.76. The van der Waals surface area contributed by atoms with Gasteiger partial charge in [-0.3, -0.25) is 19.5 Å². The molecule has 27 heavy (non-hydrogen) atoms. The Hall–Kier alpha value is -2.67. The summed E-state index contributed by atoms with van der Waals surface area (Å²) in [5, 5.41) is 12.2. The number of aromatic nitrogens is 2. The molecule has 0 fully saturated rings. The van der Waals surface area contributed by atoms with Gasteiger partial charge in [-0.15, -0.1) is 0 Å². The average Bonchev–Trinajstić information content (AvgIpc) is 2.67. The van der Waals surface area contributed by atoms with Crippen LogP contribution in [0.15, 0.2) is 58.5 Å². The topological polar surface area (TPSA) is 78.0 Å². The van der Waals surface area contributed by atoms with Crippen LogP contribution in [0.3, 0.4) is 0 Å². The maximum absolute atomic E-state index is 13.0. The minimum absolute atomic E-state index is 0.00872. The second kappa shape index (κ2) is 7.92. The molecule has 0 amide bonds. The number of fused-ring (bicyclic) bond motifs is 1. The van der Waals surface area contributed by atoms with Crippen molar-refractivity contribution in [2.45, 2.75) is 43.6 Å². The fourth-order valence-electron chi connectivity index (χ4n) is 2.90. The number of nitro benzene ring substituents is 1. The van der Waals surface area contributed by atoms with Crippen LogP contribution in [0.5, 0.6) is 0 Å².